The minimum Gasteiger partial charge on any atom is -0.746 e. The molecule has 0 bridgehead atoms. The molecule has 1 heterocycles. The first-order chi connectivity index (χ1) is 15.7. The lowest BCUT2D eigenvalue weighted by atomic mass is 9.97. The fourth-order valence-corrected chi connectivity index (χ4v) is 4.15. The third kappa shape index (κ3) is 11.2. The van der Waals surface area contributed by atoms with Crippen molar-refractivity contribution < 1.29 is 56.0 Å². The van der Waals surface area contributed by atoms with E-state index in [4.69, 9.17) is 18.9 Å². The summed E-state index contributed by atoms with van der Waals surface area (Å²) in [6.07, 6.45) is -4.49. The number of ether oxygens (including phenoxy) is 4. The molecule has 0 aromatic heterocycles. The number of carbonyl (C=O) groups is 4. The van der Waals surface area contributed by atoms with Crippen LogP contribution in [0.4, 0.5) is 0 Å². The van der Waals surface area contributed by atoms with Crippen molar-refractivity contribution >= 4 is 33.9 Å². The summed E-state index contributed by atoms with van der Waals surface area (Å²) in [6.45, 7) is 14.0. The number of esters is 3. The summed E-state index contributed by atoms with van der Waals surface area (Å²) < 4.78 is 54.9. The van der Waals surface area contributed by atoms with Gasteiger partial charge in [-0.25, -0.2) is 8.42 Å². The monoisotopic (exact) mass is 512 g/mol. The Morgan fingerprint density at radius 2 is 1.35 bits per heavy atom. The second-order valence-electron chi connectivity index (χ2n) is 7.52. The molecule has 198 valence electrons. The molecule has 13 nitrogen and oxygen atoms in total. The zero-order chi connectivity index (χ0) is 26.6. The third-order valence-electron chi connectivity index (χ3n) is 4.86. The lowest BCUT2D eigenvalue weighted by Crippen LogP contribution is -3.11. The van der Waals surface area contributed by atoms with E-state index < -0.39 is 70.3 Å². The number of rotatable bonds is 9. The van der Waals surface area contributed by atoms with Gasteiger partial charge in [0.2, 0.25) is 5.91 Å². The SMILES string of the molecule is CC(=O)N[C@@H]1[C@@H](OC(C)=O)[C@H](OC(C)=O)[C@@H](COC(C)=O)O[C@H]1S(=O)(=O)[O-].CC[NH+](CC)CC. The zero-order valence-corrected chi connectivity index (χ0v) is 21.4. The fraction of sp³-hybridized carbons (Fsp3) is 0.800. The summed E-state index contributed by atoms with van der Waals surface area (Å²) in [7, 11) is -5.17. The Kier molecular flexibility index (Phi) is 13.9. The molecule has 0 spiro atoms. The highest BCUT2D eigenvalue weighted by Crippen LogP contribution is 2.29. The second kappa shape index (κ2) is 14.9. The summed E-state index contributed by atoms with van der Waals surface area (Å²) in [4.78, 5) is 47.1. The number of amides is 1. The molecule has 0 unspecified atom stereocenters. The van der Waals surface area contributed by atoms with E-state index in [-0.39, 0.29) is 0 Å². The summed E-state index contributed by atoms with van der Waals surface area (Å²) in [6, 6.07) is -1.66. The maximum absolute atomic E-state index is 11.6. The summed E-state index contributed by atoms with van der Waals surface area (Å²) >= 11 is 0. The molecule has 0 aromatic rings. The number of hydrogen-bond acceptors (Lipinski definition) is 11. The molecule has 1 aliphatic heterocycles. The van der Waals surface area contributed by atoms with Crippen LogP contribution < -0.4 is 10.2 Å². The van der Waals surface area contributed by atoms with Crippen LogP contribution in [0.2, 0.25) is 0 Å². The van der Waals surface area contributed by atoms with Gasteiger partial charge in [0.05, 0.1) is 19.6 Å². The standard InChI is InChI=1S/C14H21NO11S.C6H15N/c1-6(16)15-11-13(25-9(4)19)12(24-8(3)18)10(5-23-7(2)17)26-14(11)27(20,21)22;1-4-7(5-2)6-3/h10-14H,5H2,1-4H3,(H,15,16)(H,20,21,22);4-6H2,1-3H3/t10-,11-,12-,13-,14+;/m1./s1. The van der Waals surface area contributed by atoms with E-state index in [2.05, 4.69) is 26.1 Å². The lowest BCUT2D eigenvalue weighted by Gasteiger charge is -2.45. The number of carbonyl (C=O) groups excluding carboxylic acids is 4. The molecular weight excluding hydrogens is 476 g/mol. The lowest BCUT2D eigenvalue weighted by molar-refractivity contribution is -0.894. The summed E-state index contributed by atoms with van der Waals surface area (Å²) in [5.74, 6) is -3.26. The van der Waals surface area contributed by atoms with Gasteiger partial charge in [0.15, 0.2) is 17.6 Å². The van der Waals surface area contributed by atoms with Gasteiger partial charge in [-0.15, -0.1) is 0 Å². The molecule has 0 aliphatic carbocycles. The Bertz CT molecular complexity index is 793. The zero-order valence-electron chi connectivity index (χ0n) is 20.6. The molecule has 2 N–H and O–H groups in total. The molecular formula is C20H36N2O11S. The smallest absolute Gasteiger partial charge is 0.303 e. The average Bonchev–Trinajstić information content (AvgIpc) is 2.69. The first-order valence-electron chi connectivity index (χ1n) is 10.9. The van der Waals surface area contributed by atoms with Gasteiger partial charge < -0.3 is 33.7 Å². The molecule has 34 heavy (non-hydrogen) atoms. The van der Waals surface area contributed by atoms with E-state index in [1.807, 2.05) is 0 Å². The van der Waals surface area contributed by atoms with Gasteiger partial charge in [-0.3, -0.25) is 19.2 Å². The van der Waals surface area contributed by atoms with Crippen LogP contribution >= 0.6 is 0 Å². The number of nitrogens with one attached hydrogen (secondary N) is 2. The van der Waals surface area contributed by atoms with Gasteiger partial charge in [-0.05, 0) is 20.8 Å². The molecule has 1 rings (SSSR count). The molecule has 1 amide bonds. The van der Waals surface area contributed by atoms with Crippen molar-refractivity contribution in [1.82, 2.24) is 5.32 Å². The Hall–Kier alpha value is -2.29. The molecule has 14 heteroatoms. The van der Waals surface area contributed by atoms with E-state index in [1.54, 1.807) is 4.90 Å². The number of quaternary nitrogens is 1. The van der Waals surface area contributed by atoms with Crippen molar-refractivity contribution in [1.29, 1.82) is 0 Å². The van der Waals surface area contributed by atoms with Gasteiger partial charge in [0, 0.05) is 27.7 Å². The Morgan fingerprint density at radius 3 is 1.68 bits per heavy atom. The van der Waals surface area contributed by atoms with Crippen LogP contribution in [0.3, 0.4) is 0 Å². The maximum atomic E-state index is 11.6. The van der Waals surface area contributed by atoms with Crippen LogP contribution in [0.1, 0.15) is 48.5 Å². The van der Waals surface area contributed by atoms with Gasteiger partial charge in [0.25, 0.3) is 0 Å². The predicted octanol–water partition coefficient (Wildman–Crippen LogP) is -1.88. The van der Waals surface area contributed by atoms with Gasteiger partial charge in [0.1, 0.15) is 28.9 Å². The van der Waals surface area contributed by atoms with E-state index in [1.165, 1.54) is 19.6 Å². The van der Waals surface area contributed by atoms with Crippen LogP contribution in [0.5, 0.6) is 0 Å². The first-order valence-corrected chi connectivity index (χ1v) is 12.3. The summed E-state index contributed by atoms with van der Waals surface area (Å²) in [5.41, 5.74) is -2.18. The highest BCUT2D eigenvalue weighted by atomic mass is 32.2. The van der Waals surface area contributed by atoms with Crippen molar-refractivity contribution in [3.63, 3.8) is 0 Å². The van der Waals surface area contributed by atoms with Crippen LogP contribution in [-0.2, 0) is 48.2 Å². The number of hydrogen-bond donors (Lipinski definition) is 2. The first kappa shape index (κ1) is 31.7. The Labute approximate surface area is 200 Å². The fourth-order valence-electron chi connectivity index (χ4n) is 3.29. The average molecular weight is 513 g/mol. The molecule has 0 aromatic carbocycles. The Balaban J connectivity index is 0.00000135. The van der Waals surface area contributed by atoms with Crippen molar-refractivity contribution in [3.8, 4) is 0 Å². The molecule has 1 aliphatic rings. The maximum Gasteiger partial charge on any atom is 0.303 e. The van der Waals surface area contributed by atoms with E-state index in [9.17, 15) is 32.1 Å². The molecule has 0 saturated carbocycles. The largest absolute Gasteiger partial charge is 0.746 e. The highest BCUT2D eigenvalue weighted by molar-refractivity contribution is 7.86. The van der Waals surface area contributed by atoms with Crippen molar-refractivity contribution in [2.24, 2.45) is 0 Å². The molecule has 0 radical (unpaired) electrons. The highest BCUT2D eigenvalue weighted by Gasteiger charge is 2.52. The van der Waals surface area contributed by atoms with Crippen LogP contribution in [0, 0.1) is 0 Å². The minimum absolute atomic E-state index is 0.593. The quantitative estimate of drug-likeness (QED) is 0.201. The van der Waals surface area contributed by atoms with E-state index in [0.29, 0.717) is 0 Å². The van der Waals surface area contributed by atoms with E-state index in [0.717, 1.165) is 27.7 Å². The van der Waals surface area contributed by atoms with Crippen LogP contribution in [-0.4, -0.2) is 92.8 Å². The van der Waals surface area contributed by atoms with Crippen molar-refractivity contribution in [3.05, 3.63) is 0 Å². The van der Waals surface area contributed by atoms with Gasteiger partial charge in [-0.2, -0.15) is 0 Å². The Morgan fingerprint density at radius 1 is 0.882 bits per heavy atom. The van der Waals surface area contributed by atoms with Crippen molar-refractivity contribution in [2.45, 2.75) is 78.3 Å². The summed E-state index contributed by atoms with van der Waals surface area (Å²) in [5, 5.41) is 2.16. The van der Waals surface area contributed by atoms with Crippen molar-refractivity contribution in [2.75, 3.05) is 26.2 Å². The molecule has 1 fully saturated rings. The van der Waals surface area contributed by atoms with E-state index >= 15 is 0 Å². The molecule has 1 saturated heterocycles. The molecule has 5 atom stereocenters. The topological polar surface area (TPSA) is 179 Å². The van der Waals surface area contributed by atoms with Crippen LogP contribution in [0.25, 0.3) is 0 Å². The predicted molar refractivity (Wildman–Crippen MR) is 116 cm³/mol. The normalized spacial score (nSPS) is 24.3. The van der Waals surface area contributed by atoms with Gasteiger partial charge in [-0.1, -0.05) is 0 Å². The third-order valence-corrected chi connectivity index (χ3v) is 5.83. The second-order valence-corrected chi connectivity index (χ2v) is 8.97. The minimum atomic E-state index is -5.17. The van der Waals surface area contributed by atoms with Crippen LogP contribution in [0.15, 0.2) is 0 Å². The van der Waals surface area contributed by atoms with Gasteiger partial charge >= 0.3 is 17.9 Å².